The van der Waals surface area contributed by atoms with Crippen LogP contribution in [-0.4, -0.2) is 54.8 Å². The number of aryl methyl sites for hydroxylation is 1. The number of likely N-dealkylation sites (tertiary alicyclic amines) is 1. The summed E-state index contributed by atoms with van der Waals surface area (Å²) in [5.41, 5.74) is 1.66. The van der Waals surface area contributed by atoms with E-state index in [2.05, 4.69) is 5.32 Å². The lowest BCUT2D eigenvalue weighted by atomic mass is 9.98. The van der Waals surface area contributed by atoms with Crippen LogP contribution in [0.15, 0.2) is 24.3 Å². The van der Waals surface area contributed by atoms with E-state index < -0.39 is 11.8 Å². The van der Waals surface area contributed by atoms with Crippen LogP contribution in [0.1, 0.15) is 42.6 Å². The predicted octanol–water partition coefficient (Wildman–Crippen LogP) is 2.11. The van der Waals surface area contributed by atoms with Gasteiger partial charge in [-0.2, -0.15) is 0 Å². The average molecular weight is 360 g/mol. The first-order valence-corrected chi connectivity index (χ1v) is 9.34. The topological polar surface area (TPSA) is 67.9 Å². The molecule has 2 aliphatic rings. The van der Waals surface area contributed by atoms with Crippen molar-refractivity contribution < 1.29 is 19.1 Å². The van der Waals surface area contributed by atoms with Crippen molar-refractivity contribution in [2.24, 2.45) is 5.92 Å². The van der Waals surface area contributed by atoms with Crippen molar-refractivity contribution >= 4 is 11.8 Å². The molecule has 2 heterocycles. The molecule has 1 aromatic carbocycles. The Morgan fingerprint density at radius 3 is 2.19 bits per heavy atom. The minimum absolute atomic E-state index is 0.00626. The highest BCUT2D eigenvalue weighted by atomic mass is 16.7. The molecule has 3 rings (SSSR count). The first kappa shape index (κ1) is 18.9. The van der Waals surface area contributed by atoms with Crippen LogP contribution in [0.25, 0.3) is 0 Å². The monoisotopic (exact) mass is 360 g/mol. The van der Waals surface area contributed by atoms with Crippen LogP contribution in [0.2, 0.25) is 0 Å². The number of nitrogens with zero attached hydrogens (tertiary/aromatic N) is 1. The molecule has 1 aromatic rings. The molecule has 0 aliphatic carbocycles. The van der Waals surface area contributed by atoms with Crippen molar-refractivity contribution in [1.82, 2.24) is 10.2 Å². The minimum atomic E-state index is -0.539. The average Bonchev–Trinajstić information content (AvgIpc) is 3.08. The highest BCUT2D eigenvalue weighted by Gasteiger charge is 2.42. The number of hydrogen-bond donors (Lipinski definition) is 1. The van der Waals surface area contributed by atoms with Crippen LogP contribution in [0.5, 0.6) is 0 Å². The van der Waals surface area contributed by atoms with Gasteiger partial charge in [-0.15, -0.1) is 0 Å². The Balaban J connectivity index is 1.63. The third-order valence-electron chi connectivity index (χ3n) is 5.18. The lowest BCUT2D eigenvalue weighted by molar-refractivity contribution is -0.188. The number of benzene rings is 1. The number of rotatable bonds is 4. The SMILES string of the molecule is Cc1ccc(C(=O)NC(C(=O)N2CCC3(CC2)OCCO3)C(C)C)cc1. The van der Waals surface area contributed by atoms with Gasteiger partial charge in [0.25, 0.3) is 5.91 Å². The highest BCUT2D eigenvalue weighted by molar-refractivity contribution is 5.97. The fraction of sp³-hybridized carbons (Fsp3) is 0.600. The number of nitrogens with one attached hydrogen (secondary N) is 1. The molecule has 6 nitrogen and oxygen atoms in total. The van der Waals surface area contributed by atoms with E-state index in [9.17, 15) is 9.59 Å². The molecular formula is C20H28N2O4. The summed E-state index contributed by atoms with van der Waals surface area (Å²) >= 11 is 0. The molecule has 1 atom stereocenters. The fourth-order valence-corrected chi connectivity index (χ4v) is 3.49. The van der Waals surface area contributed by atoms with E-state index in [0.29, 0.717) is 44.7 Å². The first-order chi connectivity index (χ1) is 12.4. The molecule has 0 bridgehead atoms. The van der Waals surface area contributed by atoms with E-state index in [1.807, 2.05) is 37.8 Å². The summed E-state index contributed by atoms with van der Waals surface area (Å²) in [6.07, 6.45) is 1.35. The summed E-state index contributed by atoms with van der Waals surface area (Å²) in [5, 5.41) is 2.92. The molecule has 2 aliphatic heterocycles. The number of carbonyl (C=O) groups is 2. The molecule has 1 spiro atoms. The largest absolute Gasteiger partial charge is 0.347 e. The predicted molar refractivity (Wildman–Crippen MR) is 97.7 cm³/mol. The van der Waals surface area contributed by atoms with Crippen LogP contribution in [0, 0.1) is 12.8 Å². The summed E-state index contributed by atoms with van der Waals surface area (Å²) in [4.78, 5) is 27.3. The van der Waals surface area contributed by atoms with Crippen molar-refractivity contribution in [2.75, 3.05) is 26.3 Å². The van der Waals surface area contributed by atoms with E-state index in [4.69, 9.17) is 9.47 Å². The minimum Gasteiger partial charge on any atom is -0.347 e. The standard InChI is InChI=1S/C20H28N2O4/c1-14(2)17(21-18(23)16-6-4-15(3)5-7-16)19(24)22-10-8-20(9-11-22)25-12-13-26-20/h4-7,14,17H,8-13H2,1-3H3,(H,21,23). The third-order valence-corrected chi connectivity index (χ3v) is 5.18. The van der Waals surface area contributed by atoms with Crippen molar-refractivity contribution in [3.05, 3.63) is 35.4 Å². The second kappa shape index (κ2) is 7.76. The molecule has 6 heteroatoms. The zero-order valence-electron chi connectivity index (χ0n) is 15.8. The number of ether oxygens (including phenoxy) is 2. The van der Waals surface area contributed by atoms with Crippen LogP contribution in [-0.2, 0) is 14.3 Å². The summed E-state index contributed by atoms with van der Waals surface area (Å²) in [6.45, 7) is 8.29. The molecule has 0 radical (unpaired) electrons. The van der Waals surface area contributed by atoms with Gasteiger partial charge in [0.05, 0.1) is 13.2 Å². The van der Waals surface area contributed by atoms with Crippen LogP contribution in [0.3, 0.4) is 0 Å². The zero-order chi connectivity index (χ0) is 18.7. The summed E-state index contributed by atoms with van der Waals surface area (Å²) in [5.74, 6) is -0.747. The number of piperidine rings is 1. The van der Waals surface area contributed by atoms with Crippen LogP contribution in [0.4, 0.5) is 0 Å². The molecule has 2 saturated heterocycles. The van der Waals surface area contributed by atoms with Gasteiger partial charge in [-0.3, -0.25) is 9.59 Å². The van der Waals surface area contributed by atoms with E-state index in [1.165, 1.54) is 0 Å². The Morgan fingerprint density at radius 1 is 1.08 bits per heavy atom. The van der Waals surface area contributed by atoms with Gasteiger partial charge in [0.1, 0.15) is 6.04 Å². The van der Waals surface area contributed by atoms with Gasteiger partial charge in [0, 0.05) is 31.5 Å². The van der Waals surface area contributed by atoms with E-state index in [0.717, 1.165) is 5.56 Å². The third kappa shape index (κ3) is 4.07. The van der Waals surface area contributed by atoms with Gasteiger partial charge >= 0.3 is 0 Å². The van der Waals surface area contributed by atoms with Crippen molar-refractivity contribution in [3.8, 4) is 0 Å². The number of carbonyl (C=O) groups excluding carboxylic acids is 2. The van der Waals surface area contributed by atoms with Gasteiger partial charge < -0.3 is 19.7 Å². The lowest BCUT2D eigenvalue weighted by Gasteiger charge is -2.39. The van der Waals surface area contributed by atoms with Gasteiger partial charge in [-0.25, -0.2) is 0 Å². The Morgan fingerprint density at radius 2 is 1.65 bits per heavy atom. The first-order valence-electron chi connectivity index (χ1n) is 9.34. The maximum atomic E-state index is 13.0. The number of hydrogen-bond acceptors (Lipinski definition) is 4. The van der Waals surface area contributed by atoms with Gasteiger partial charge in [-0.1, -0.05) is 31.5 Å². The maximum absolute atomic E-state index is 13.0. The summed E-state index contributed by atoms with van der Waals surface area (Å²) in [6, 6.07) is 6.82. The smallest absolute Gasteiger partial charge is 0.251 e. The van der Waals surface area contributed by atoms with Crippen molar-refractivity contribution in [2.45, 2.75) is 45.4 Å². The zero-order valence-corrected chi connectivity index (χ0v) is 15.8. The summed E-state index contributed by atoms with van der Waals surface area (Å²) < 4.78 is 11.4. The van der Waals surface area contributed by atoms with E-state index in [1.54, 1.807) is 12.1 Å². The maximum Gasteiger partial charge on any atom is 0.251 e. The molecule has 1 N–H and O–H groups in total. The Hall–Kier alpha value is -1.92. The molecule has 142 valence electrons. The lowest BCUT2D eigenvalue weighted by Crippen LogP contribution is -2.55. The van der Waals surface area contributed by atoms with E-state index in [-0.39, 0.29) is 17.7 Å². The van der Waals surface area contributed by atoms with Crippen LogP contribution < -0.4 is 5.32 Å². The molecule has 0 aromatic heterocycles. The Kier molecular flexibility index (Phi) is 5.63. The van der Waals surface area contributed by atoms with Crippen molar-refractivity contribution in [3.63, 3.8) is 0 Å². The van der Waals surface area contributed by atoms with Gasteiger partial charge in [-0.05, 0) is 25.0 Å². The molecule has 1 unspecified atom stereocenters. The number of amides is 2. The fourth-order valence-electron chi connectivity index (χ4n) is 3.49. The molecule has 0 saturated carbocycles. The van der Waals surface area contributed by atoms with Crippen LogP contribution >= 0.6 is 0 Å². The summed E-state index contributed by atoms with van der Waals surface area (Å²) in [7, 11) is 0. The molecule has 2 fully saturated rings. The second-order valence-electron chi connectivity index (χ2n) is 7.49. The van der Waals surface area contributed by atoms with E-state index >= 15 is 0 Å². The molecule has 2 amide bonds. The molecule has 26 heavy (non-hydrogen) atoms. The quantitative estimate of drug-likeness (QED) is 0.893. The molecular weight excluding hydrogens is 332 g/mol. The van der Waals surface area contributed by atoms with Gasteiger partial charge in [0.15, 0.2) is 5.79 Å². The van der Waals surface area contributed by atoms with Gasteiger partial charge in [0.2, 0.25) is 5.91 Å². The highest BCUT2D eigenvalue weighted by Crippen LogP contribution is 2.31. The Bertz CT molecular complexity index is 640. The van der Waals surface area contributed by atoms with Crippen molar-refractivity contribution in [1.29, 1.82) is 0 Å². The Labute approximate surface area is 154 Å². The normalized spacial score (nSPS) is 20.4. The second-order valence-corrected chi connectivity index (χ2v) is 7.49.